The maximum absolute atomic E-state index is 10.9. The maximum atomic E-state index is 10.9. The van der Waals surface area contributed by atoms with Crippen LogP contribution in [0.25, 0.3) is 0 Å². The molecule has 0 aromatic heterocycles. The van der Waals surface area contributed by atoms with E-state index in [1.807, 2.05) is 0 Å². The van der Waals surface area contributed by atoms with Crippen LogP contribution in [-0.2, 0) is 14.4 Å². The number of alkyl halides is 1. The number of aliphatic hydroxyl groups is 1. The summed E-state index contributed by atoms with van der Waals surface area (Å²) < 4.78 is 0. The van der Waals surface area contributed by atoms with E-state index in [1.54, 1.807) is 0 Å². The second-order valence-electron chi connectivity index (χ2n) is 3.44. The molecule has 0 amide bonds. The fourth-order valence-electron chi connectivity index (χ4n) is 1.13. The van der Waals surface area contributed by atoms with Gasteiger partial charge in [-0.2, -0.15) is 0 Å². The zero-order valence-corrected chi connectivity index (χ0v) is 10.7. The van der Waals surface area contributed by atoms with E-state index in [0.717, 1.165) is 0 Å². The minimum absolute atomic E-state index is 0.0795. The quantitative estimate of drug-likeness (QED) is 0.436. The molecule has 9 heteroatoms. The molecule has 0 spiro atoms. The van der Waals surface area contributed by atoms with Crippen molar-refractivity contribution in [1.29, 1.82) is 0 Å². The van der Waals surface area contributed by atoms with Gasteiger partial charge in [0.2, 0.25) is 0 Å². The molecule has 3 unspecified atom stereocenters. The summed E-state index contributed by atoms with van der Waals surface area (Å²) in [7, 11) is 0. The Hall–Kier alpha value is -0.990. The summed E-state index contributed by atoms with van der Waals surface area (Å²) in [5.74, 6) is -6.09. The fourth-order valence-corrected chi connectivity index (χ4v) is 2.50. The molecule has 104 valence electrons. The molecule has 18 heavy (non-hydrogen) atoms. The molecule has 0 saturated heterocycles. The molecular formula is C9H13ClO7S. The van der Waals surface area contributed by atoms with E-state index in [1.165, 1.54) is 0 Å². The zero-order chi connectivity index (χ0) is 14.3. The summed E-state index contributed by atoms with van der Waals surface area (Å²) in [5, 5.41) is 34.0. The van der Waals surface area contributed by atoms with Crippen molar-refractivity contribution in [2.24, 2.45) is 5.92 Å². The first-order chi connectivity index (χ1) is 8.29. The van der Waals surface area contributed by atoms with Gasteiger partial charge in [-0.1, -0.05) is 0 Å². The highest BCUT2D eigenvalue weighted by Gasteiger charge is 2.36. The highest BCUT2D eigenvalue weighted by atomic mass is 35.5. The maximum Gasteiger partial charge on any atom is 0.317 e. The molecule has 0 rings (SSSR count). The molecule has 4 N–H and O–H groups in total. The van der Waals surface area contributed by atoms with Crippen LogP contribution in [0.3, 0.4) is 0 Å². The molecule has 0 saturated carbocycles. The van der Waals surface area contributed by atoms with Crippen LogP contribution < -0.4 is 0 Å². The van der Waals surface area contributed by atoms with Gasteiger partial charge in [-0.3, -0.25) is 14.4 Å². The molecule has 0 aromatic rings. The van der Waals surface area contributed by atoms with E-state index < -0.39 is 41.6 Å². The van der Waals surface area contributed by atoms with E-state index in [0.29, 0.717) is 11.8 Å². The number of carboxylic acid groups (broad SMARTS) is 3. The van der Waals surface area contributed by atoms with Crippen LogP contribution in [0.1, 0.15) is 6.42 Å². The molecule has 7 nitrogen and oxygen atoms in total. The minimum atomic E-state index is -1.56. The number of carbonyl (C=O) groups is 3. The molecule has 0 aromatic carbocycles. The first-order valence-corrected chi connectivity index (χ1v) is 6.41. The van der Waals surface area contributed by atoms with Crippen molar-refractivity contribution in [3.8, 4) is 0 Å². The largest absolute Gasteiger partial charge is 0.481 e. The summed E-state index contributed by atoms with van der Waals surface area (Å²) in [6.07, 6.45) is -1.77. The Morgan fingerprint density at radius 3 is 2.00 bits per heavy atom. The second-order valence-corrected chi connectivity index (χ2v) is 4.93. The van der Waals surface area contributed by atoms with Gasteiger partial charge in [-0.15, -0.1) is 23.4 Å². The number of thioether (sulfide) groups is 1. The van der Waals surface area contributed by atoms with Gasteiger partial charge in [-0.25, -0.2) is 0 Å². The highest BCUT2D eigenvalue weighted by molar-refractivity contribution is 8.00. The van der Waals surface area contributed by atoms with Crippen LogP contribution in [0.15, 0.2) is 0 Å². The Labute approximate surface area is 112 Å². The van der Waals surface area contributed by atoms with E-state index in [9.17, 15) is 19.5 Å². The summed E-state index contributed by atoms with van der Waals surface area (Å²) in [4.78, 5) is 32.3. The molecule has 0 radical (unpaired) electrons. The number of hydrogen-bond acceptors (Lipinski definition) is 5. The average Bonchev–Trinajstić information content (AvgIpc) is 2.26. The SMILES string of the molecule is O=C(O)CC(C(=O)O)C(SCC(O)CCl)C(=O)O. The average molecular weight is 301 g/mol. The van der Waals surface area contributed by atoms with Crippen molar-refractivity contribution in [2.75, 3.05) is 11.6 Å². The Morgan fingerprint density at radius 2 is 1.67 bits per heavy atom. The Bertz CT molecular complexity index is 322. The molecule has 0 aliphatic carbocycles. The lowest BCUT2D eigenvalue weighted by Crippen LogP contribution is -2.35. The second kappa shape index (κ2) is 8.17. The van der Waals surface area contributed by atoms with Crippen LogP contribution in [0.2, 0.25) is 0 Å². The van der Waals surface area contributed by atoms with E-state index in [2.05, 4.69) is 0 Å². The van der Waals surface area contributed by atoms with Crippen LogP contribution in [0, 0.1) is 5.92 Å². The first kappa shape index (κ1) is 17.0. The van der Waals surface area contributed by atoms with Crippen LogP contribution >= 0.6 is 23.4 Å². The first-order valence-electron chi connectivity index (χ1n) is 4.82. The van der Waals surface area contributed by atoms with Crippen molar-refractivity contribution < 1.29 is 34.8 Å². The standard InChI is InChI=1S/C9H13ClO7S/c10-2-4(11)3-18-7(9(16)17)5(8(14)15)1-6(12)13/h4-5,7,11H,1-3H2,(H,12,13)(H,14,15)(H,16,17). The topological polar surface area (TPSA) is 132 Å². The molecule has 0 heterocycles. The van der Waals surface area contributed by atoms with Crippen molar-refractivity contribution in [3.05, 3.63) is 0 Å². The minimum Gasteiger partial charge on any atom is -0.481 e. The van der Waals surface area contributed by atoms with Crippen LogP contribution in [0.5, 0.6) is 0 Å². The molecule has 3 atom stereocenters. The number of aliphatic hydroxyl groups excluding tert-OH is 1. The zero-order valence-electron chi connectivity index (χ0n) is 9.15. The lowest BCUT2D eigenvalue weighted by molar-refractivity contribution is -0.151. The van der Waals surface area contributed by atoms with Gasteiger partial charge in [0.25, 0.3) is 0 Å². The number of rotatable bonds is 9. The number of carboxylic acids is 3. The third kappa shape index (κ3) is 6.08. The Balaban J connectivity index is 4.76. The molecule has 0 aliphatic rings. The van der Waals surface area contributed by atoms with Gasteiger partial charge in [0.15, 0.2) is 0 Å². The van der Waals surface area contributed by atoms with Gasteiger partial charge in [0.1, 0.15) is 5.25 Å². The van der Waals surface area contributed by atoms with E-state index in [4.69, 9.17) is 26.9 Å². The third-order valence-electron chi connectivity index (χ3n) is 1.97. The lowest BCUT2D eigenvalue weighted by Gasteiger charge is -2.19. The Morgan fingerprint density at radius 1 is 1.11 bits per heavy atom. The van der Waals surface area contributed by atoms with Gasteiger partial charge >= 0.3 is 17.9 Å². The van der Waals surface area contributed by atoms with Crippen molar-refractivity contribution in [1.82, 2.24) is 0 Å². The van der Waals surface area contributed by atoms with Crippen molar-refractivity contribution >= 4 is 41.3 Å². The predicted molar refractivity (Wildman–Crippen MR) is 64.0 cm³/mol. The van der Waals surface area contributed by atoms with Crippen molar-refractivity contribution in [3.63, 3.8) is 0 Å². The number of hydrogen-bond donors (Lipinski definition) is 4. The van der Waals surface area contributed by atoms with Crippen LogP contribution in [0.4, 0.5) is 0 Å². The summed E-state index contributed by atoms with van der Waals surface area (Å²) >= 11 is 5.98. The highest BCUT2D eigenvalue weighted by Crippen LogP contribution is 2.24. The van der Waals surface area contributed by atoms with E-state index in [-0.39, 0.29) is 11.6 Å². The fraction of sp³-hybridized carbons (Fsp3) is 0.667. The monoisotopic (exact) mass is 300 g/mol. The third-order valence-corrected chi connectivity index (χ3v) is 3.79. The lowest BCUT2D eigenvalue weighted by atomic mass is 10.0. The summed E-state index contributed by atoms with van der Waals surface area (Å²) in [6, 6.07) is 0. The van der Waals surface area contributed by atoms with Gasteiger partial charge in [0, 0.05) is 11.6 Å². The summed E-state index contributed by atoms with van der Waals surface area (Å²) in [5.41, 5.74) is 0. The molecular weight excluding hydrogens is 288 g/mol. The van der Waals surface area contributed by atoms with E-state index >= 15 is 0 Å². The van der Waals surface area contributed by atoms with Gasteiger partial charge in [-0.05, 0) is 0 Å². The normalized spacial score (nSPS) is 15.7. The molecule has 0 bridgehead atoms. The predicted octanol–water partition coefficient (Wildman–Crippen LogP) is -0.0520. The molecule has 0 fully saturated rings. The smallest absolute Gasteiger partial charge is 0.317 e. The van der Waals surface area contributed by atoms with Gasteiger partial charge < -0.3 is 20.4 Å². The van der Waals surface area contributed by atoms with Gasteiger partial charge in [0.05, 0.1) is 18.4 Å². The Kier molecular flexibility index (Phi) is 7.72. The summed E-state index contributed by atoms with van der Waals surface area (Å²) in [6.45, 7) is 0. The van der Waals surface area contributed by atoms with Crippen molar-refractivity contribution in [2.45, 2.75) is 17.8 Å². The number of halogens is 1. The number of aliphatic carboxylic acids is 3. The van der Waals surface area contributed by atoms with Crippen LogP contribution in [-0.4, -0.2) is 61.3 Å². The molecule has 0 aliphatic heterocycles.